The van der Waals surface area contributed by atoms with Gasteiger partial charge in [0.2, 0.25) is 0 Å². The first-order valence-corrected chi connectivity index (χ1v) is 6.71. The first-order valence-electron chi connectivity index (χ1n) is 6.71. The van der Waals surface area contributed by atoms with E-state index < -0.39 is 11.9 Å². The highest BCUT2D eigenvalue weighted by atomic mass is 16.5. The molecule has 1 aromatic rings. The van der Waals surface area contributed by atoms with Crippen molar-refractivity contribution in [1.82, 2.24) is 9.55 Å². The molecule has 1 aromatic heterocycles. The molecule has 0 radical (unpaired) electrons. The minimum absolute atomic E-state index is 0.185. The Hall–Kier alpha value is -1.69. The average molecular weight is 282 g/mol. The molecule has 1 N–H and O–H groups in total. The fraction of sp³-hybridized carbons (Fsp3) is 0.643. The maximum absolute atomic E-state index is 12.1. The van der Waals surface area contributed by atoms with Crippen LogP contribution in [0, 0.1) is 13.8 Å². The molecule has 112 valence electrons. The van der Waals surface area contributed by atoms with Gasteiger partial charge in [-0.2, -0.15) is 4.98 Å². The molecule has 0 aliphatic heterocycles. The van der Waals surface area contributed by atoms with Gasteiger partial charge >= 0.3 is 11.7 Å². The molecular weight excluding hydrogens is 260 g/mol. The van der Waals surface area contributed by atoms with Gasteiger partial charge in [0.1, 0.15) is 0 Å². The quantitative estimate of drug-likeness (QED) is 0.858. The number of carbonyl (C=O) groups is 1. The summed E-state index contributed by atoms with van der Waals surface area (Å²) >= 11 is 0. The molecule has 0 amide bonds. The molecule has 1 heterocycles. The molecule has 2 atom stereocenters. The zero-order valence-corrected chi connectivity index (χ0v) is 12.6. The summed E-state index contributed by atoms with van der Waals surface area (Å²) in [6, 6.07) is -0.185. The summed E-state index contributed by atoms with van der Waals surface area (Å²) in [5.74, 6) is -1.63. The summed E-state index contributed by atoms with van der Waals surface area (Å²) < 4.78 is 6.85. The van der Waals surface area contributed by atoms with Gasteiger partial charge in [-0.3, -0.25) is 9.36 Å². The van der Waals surface area contributed by atoms with Gasteiger partial charge in [-0.25, -0.2) is 4.79 Å². The van der Waals surface area contributed by atoms with E-state index in [0.29, 0.717) is 30.2 Å². The Morgan fingerprint density at radius 1 is 1.40 bits per heavy atom. The number of carboxylic acids is 1. The molecule has 0 aliphatic rings. The van der Waals surface area contributed by atoms with Crippen molar-refractivity contribution in [3.05, 3.63) is 27.4 Å². The molecule has 0 aliphatic carbocycles. The zero-order chi connectivity index (χ0) is 15.4. The van der Waals surface area contributed by atoms with E-state index in [0.717, 1.165) is 0 Å². The van der Waals surface area contributed by atoms with E-state index in [1.165, 1.54) is 4.57 Å². The SMILES string of the molecule is CCOCC(C)n1c(C)c(C(C)C(=O)O)c(C)nc1=O. The Morgan fingerprint density at radius 3 is 2.50 bits per heavy atom. The van der Waals surface area contributed by atoms with Gasteiger partial charge in [-0.1, -0.05) is 0 Å². The van der Waals surface area contributed by atoms with E-state index in [4.69, 9.17) is 4.74 Å². The third kappa shape index (κ3) is 3.25. The van der Waals surface area contributed by atoms with Gasteiger partial charge in [-0.05, 0) is 34.6 Å². The molecule has 1 rings (SSSR count). The molecule has 0 spiro atoms. The van der Waals surface area contributed by atoms with E-state index >= 15 is 0 Å². The van der Waals surface area contributed by atoms with Crippen LogP contribution in [0.1, 0.15) is 49.7 Å². The highest BCUT2D eigenvalue weighted by molar-refractivity contribution is 5.76. The van der Waals surface area contributed by atoms with E-state index in [1.54, 1.807) is 20.8 Å². The van der Waals surface area contributed by atoms with Crippen molar-refractivity contribution in [1.29, 1.82) is 0 Å². The molecule has 6 heteroatoms. The van der Waals surface area contributed by atoms with Gasteiger partial charge in [0.15, 0.2) is 0 Å². The fourth-order valence-electron chi connectivity index (χ4n) is 2.42. The standard InChI is InChI=1S/C14H22N2O4/c1-6-20-7-8(2)16-11(5)12(9(3)13(17)18)10(4)15-14(16)19/h8-9H,6-7H2,1-5H3,(H,17,18). The Bertz CT molecular complexity index is 551. The summed E-state index contributed by atoms with van der Waals surface area (Å²) in [5.41, 5.74) is 1.35. The monoisotopic (exact) mass is 282 g/mol. The predicted molar refractivity (Wildman–Crippen MR) is 75.2 cm³/mol. The molecule has 0 saturated heterocycles. The Balaban J connectivity index is 3.36. The van der Waals surface area contributed by atoms with Gasteiger partial charge in [0.25, 0.3) is 0 Å². The highest BCUT2D eigenvalue weighted by Crippen LogP contribution is 2.23. The second-order valence-electron chi connectivity index (χ2n) is 4.92. The third-order valence-corrected chi connectivity index (χ3v) is 3.42. The van der Waals surface area contributed by atoms with Crippen LogP contribution in [0.4, 0.5) is 0 Å². The molecule has 2 unspecified atom stereocenters. The molecule has 0 saturated carbocycles. The highest BCUT2D eigenvalue weighted by Gasteiger charge is 2.23. The van der Waals surface area contributed by atoms with Crippen molar-refractivity contribution in [3.8, 4) is 0 Å². The minimum Gasteiger partial charge on any atom is -0.481 e. The Kier molecular flexibility index (Phi) is 5.44. The Labute approximate surface area is 118 Å². The lowest BCUT2D eigenvalue weighted by molar-refractivity contribution is -0.138. The summed E-state index contributed by atoms with van der Waals surface area (Å²) in [7, 11) is 0. The Morgan fingerprint density at radius 2 is 2.00 bits per heavy atom. The van der Waals surface area contributed by atoms with Gasteiger partial charge < -0.3 is 9.84 Å². The lowest BCUT2D eigenvalue weighted by atomic mass is 9.98. The van der Waals surface area contributed by atoms with Crippen molar-refractivity contribution < 1.29 is 14.6 Å². The number of aromatic nitrogens is 2. The lowest BCUT2D eigenvalue weighted by Gasteiger charge is -2.22. The van der Waals surface area contributed by atoms with Crippen molar-refractivity contribution in [2.75, 3.05) is 13.2 Å². The van der Waals surface area contributed by atoms with Crippen LogP contribution in [0.5, 0.6) is 0 Å². The van der Waals surface area contributed by atoms with Crippen LogP contribution in [-0.4, -0.2) is 33.8 Å². The summed E-state index contributed by atoms with van der Waals surface area (Å²) in [6.45, 7) is 9.72. The minimum atomic E-state index is -0.930. The number of rotatable bonds is 6. The zero-order valence-electron chi connectivity index (χ0n) is 12.6. The van der Waals surface area contributed by atoms with Gasteiger partial charge in [0.05, 0.1) is 18.6 Å². The maximum Gasteiger partial charge on any atom is 0.348 e. The smallest absolute Gasteiger partial charge is 0.348 e. The maximum atomic E-state index is 12.1. The van der Waals surface area contributed by atoms with Gasteiger partial charge in [-0.15, -0.1) is 0 Å². The van der Waals surface area contributed by atoms with Crippen LogP contribution in [-0.2, 0) is 9.53 Å². The number of hydrogen-bond donors (Lipinski definition) is 1. The number of hydrogen-bond acceptors (Lipinski definition) is 4. The van der Waals surface area contributed by atoms with E-state index in [-0.39, 0.29) is 11.7 Å². The first kappa shape index (κ1) is 16.4. The summed E-state index contributed by atoms with van der Waals surface area (Å²) in [5, 5.41) is 9.18. The molecule has 20 heavy (non-hydrogen) atoms. The van der Waals surface area contributed by atoms with Crippen LogP contribution in [0.2, 0.25) is 0 Å². The van der Waals surface area contributed by atoms with Crippen LogP contribution in [0.25, 0.3) is 0 Å². The second-order valence-corrected chi connectivity index (χ2v) is 4.92. The average Bonchev–Trinajstić information content (AvgIpc) is 2.35. The molecule has 0 bridgehead atoms. The van der Waals surface area contributed by atoms with E-state index in [1.807, 2.05) is 13.8 Å². The fourth-order valence-corrected chi connectivity index (χ4v) is 2.42. The molecule has 0 aromatic carbocycles. The second kappa shape index (κ2) is 6.65. The molecule has 0 fully saturated rings. The van der Waals surface area contributed by atoms with Crippen LogP contribution < -0.4 is 5.69 Å². The number of ether oxygens (including phenoxy) is 1. The van der Waals surface area contributed by atoms with Crippen LogP contribution in [0.15, 0.2) is 4.79 Å². The normalized spacial score (nSPS) is 14.1. The van der Waals surface area contributed by atoms with Gasteiger partial charge in [0, 0.05) is 23.6 Å². The number of carboxylic acid groups (broad SMARTS) is 1. The van der Waals surface area contributed by atoms with E-state index in [2.05, 4.69) is 4.98 Å². The number of aryl methyl sites for hydroxylation is 1. The summed E-state index contributed by atoms with van der Waals surface area (Å²) in [6.07, 6.45) is 0. The molecule has 6 nitrogen and oxygen atoms in total. The number of nitrogens with zero attached hydrogens (tertiary/aromatic N) is 2. The predicted octanol–water partition coefficient (Wildman–Crippen LogP) is 1.65. The topological polar surface area (TPSA) is 81.4 Å². The lowest BCUT2D eigenvalue weighted by Crippen LogP contribution is -2.33. The van der Waals surface area contributed by atoms with Crippen LogP contribution >= 0.6 is 0 Å². The summed E-state index contributed by atoms with van der Waals surface area (Å²) in [4.78, 5) is 27.2. The first-order chi connectivity index (χ1) is 9.31. The van der Waals surface area contributed by atoms with E-state index in [9.17, 15) is 14.7 Å². The van der Waals surface area contributed by atoms with Crippen molar-refractivity contribution >= 4 is 5.97 Å². The van der Waals surface area contributed by atoms with Crippen molar-refractivity contribution in [2.45, 2.75) is 46.6 Å². The van der Waals surface area contributed by atoms with Crippen LogP contribution in [0.3, 0.4) is 0 Å². The third-order valence-electron chi connectivity index (χ3n) is 3.42. The number of aliphatic carboxylic acids is 1. The molecular formula is C14H22N2O4. The van der Waals surface area contributed by atoms with Crippen molar-refractivity contribution in [2.24, 2.45) is 0 Å². The largest absolute Gasteiger partial charge is 0.481 e. The van der Waals surface area contributed by atoms with Crippen molar-refractivity contribution in [3.63, 3.8) is 0 Å².